The van der Waals surface area contributed by atoms with Crippen LogP contribution in [-0.2, 0) is 4.74 Å². The van der Waals surface area contributed by atoms with Crippen LogP contribution in [0.2, 0.25) is 0 Å². The number of piperidine rings is 1. The Morgan fingerprint density at radius 3 is 2.80 bits per heavy atom. The zero-order chi connectivity index (χ0) is 15.0. The number of carbonyl (C=O) groups excluding carboxylic acids is 1. The molecule has 118 valence electrons. The van der Waals surface area contributed by atoms with E-state index in [1.165, 1.54) is 12.8 Å². The van der Waals surface area contributed by atoms with Crippen LogP contribution < -0.4 is 10.6 Å². The molecule has 1 rings (SSSR count). The third kappa shape index (κ3) is 7.70. The van der Waals surface area contributed by atoms with Gasteiger partial charge in [0, 0.05) is 13.6 Å². The number of nitrogens with one attached hydrogen (secondary N) is 2. The van der Waals surface area contributed by atoms with Crippen molar-refractivity contribution in [2.75, 3.05) is 39.8 Å². The summed E-state index contributed by atoms with van der Waals surface area (Å²) in [5, 5.41) is 6.90. The standard InChI is InChI=1S/C15H31N3O2/c1-15(2,3)20-14(19)18(4)10-6-9-17-12-13-7-5-8-16-11-13/h13,16-17H,5-12H2,1-4H3. The van der Waals surface area contributed by atoms with Gasteiger partial charge in [0.05, 0.1) is 0 Å². The predicted octanol–water partition coefficient (Wildman–Crippen LogP) is 1.83. The van der Waals surface area contributed by atoms with Gasteiger partial charge in [-0.05, 0) is 72.1 Å². The van der Waals surface area contributed by atoms with Gasteiger partial charge in [0.15, 0.2) is 0 Å². The minimum Gasteiger partial charge on any atom is -0.444 e. The molecule has 2 N–H and O–H groups in total. The maximum absolute atomic E-state index is 11.7. The minimum absolute atomic E-state index is 0.242. The van der Waals surface area contributed by atoms with Gasteiger partial charge in [0.25, 0.3) is 0 Å². The molecule has 20 heavy (non-hydrogen) atoms. The number of hydrogen-bond acceptors (Lipinski definition) is 4. The second-order valence-corrected chi connectivity index (χ2v) is 6.67. The Balaban J connectivity index is 2.03. The smallest absolute Gasteiger partial charge is 0.410 e. The van der Waals surface area contributed by atoms with E-state index in [-0.39, 0.29) is 6.09 Å². The van der Waals surface area contributed by atoms with Crippen LogP contribution in [0.25, 0.3) is 0 Å². The van der Waals surface area contributed by atoms with Gasteiger partial charge in [-0.2, -0.15) is 0 Å². The van der Waals surface area contributed by atoms with E-state index in [2.05, 4.69) is 10.6 Å². The molecule has 0 radical (unpaired) electrons. The van der Waals surface area contributed by atoms with Gasteiger partial charge >= 0.3 is 6.09 Å². The molecule has 1 atom stereocenters. The maximum atomic E-state index is 11.7. The summed E-state index contributed by atoms with van der Waals surface area (Å²) in [4.78, 5) is 13.4. The van der Waals surface area contributed by atoms with Crippen molar-refractivity contribution in [3.05, 3.63) is 0 Å². The molecule has 5 nitrogen and oxygen atoms in total. The molecule has 1 fully saturated rings. The average molecular weight is 285 g/mol. The molecule has 1 aliphatic heterocycles. The predicted molar refractivity (Wildman–Crippen MR) is 81.9 cm³/mol. The monoisotopic (exact) mass is 285 g/mol. The van der Waals surface area contributed by atoms with Crippen LogP contribution in [0.3, 0.4) is 0 Å². The molecule has 0 aromatic rings. The van der Waals surface area contributed by atoms with Gasteiger partial charge in [-0.1, -0.05) is 0 Å². The van der Waals surface area contributed by atoms with E-state index in [0.29, 0.717) is 0 Å². The number of carbonyl (C=O) groups is 1. The summed E-state index contributed by atoms with van der Waals surface area (Å²) >= 11 is 0. The molecule has 1 aliphatic rings. The number of hydrogen-bond donors (Lipinski definition) is 2. The summed E-state index contributed by atoms with van der Waals surface area (Å²) in [5.74, 6) is 0.757. The van der Waals surface area contributed by atoms with Gasteiger partial charge in [-0.25, -0.2) is 4.79 Å². The van der Waals surface area contributed by atoms with Crippen molar-refractivity contribution in [3.8, 4) is 0 Å². The van der Waals surface area contributed by atoms with Gasteiger partial charge in [-0.3, -0.25) is 0 Å². The number of amides is 1. The average Bonchev–Trinajstić information content (AvgIpc) is 2.37. The molecule has 1 saturated heterocycles. The van der Waals surface area contributed by atoms with E-state index < -0.39 is 5.60 Å². The summed E-state index contributed by atoms with van der Waals surface area (Å²) in [6.45, 7) is 10.7. The van der Waals surface area contributed by atoms with E-state index in [1.54, 1.807) is 11.9 Å². The molecule has 1 unspecified atom stereocenters. The van der Waals surface area contributed by atoms with E-state index >= 15 is 0 Å². The summed E-state index contributed by atoms with van der Waals surface area (Å²) < 4.78 is 5.31. The first kappa shape index (κ1) is 17.2. The highest BCUT2D eigenvalue weighted by atomic mass is 16.6. The van der Waals surface area contributed by atoms with Gasteiger partial charge in [-0.15, -0.1) is 0 Å². The van der Waals surface area contributed by atoms with Crippen molar-refractivity contribution in [2.24, 2.45) is 5.92 Å². The zero-order valence-electron chi connectivity index (χ0n) is 13.5. The van der Waals surface area contributed by atoms with E-state index in [1.807, 2.05) is 20.8 Å². The lowest BCUT2D eigenvalue weighted by molar-refractivity contribution is 0.0297. The van der Waals surface area contributed by atoms with Crippen LogP contribution in [0, 0.1) is 5.92 Å². The molecule has 1 heterocycles. The Kier molecular flexibility index (Phi) is 7.30. The Hall–Kier alpha value is -0.810. The highest BCUT2D eigenvalue weighted by Crippen LogP contribution is 2.09. The van der Waals surface area contributed by atoms with E-state index in [9.17, 15) is 4.79 Å². The van der Waals surface area contributed by atoms with Crippen LogP contribution in [0.1, 0.15) is 40.0 Å². The number of ether oxygens (including phenoxy) is 1. The molecule has 0 aromatic carbocycles. The first-order valence-electron chi connectivity index (χ1n) is 7.74. The Bertz CT molecular complexity index is 283. The van der Waals surface area contributed by atoms with Crippen LogP contribution in [-0.4, -0.2) is 56.4 Å². The minimum atomic E-state index is -0.419. The molecule has 5 heteroatoms. The second kappa shape index (κ2) is 8.47. The largest absolute Gasteiger partial charge is 0.444 e. The van der Waals surface area contributed by atoms with Gasteiger partial charge < -0.3 is 20.3 Å². The fourth-order valence-corrected chi connectivity index (χ4v) is 2.28. The fourth-order valence-electron chi connectivity index (χ4n) is 2.28. The molecule has 0 aromatic heterocycles. The van der Waals surface area contributed by atoms with Crippen molar-refractivity contribution < 1.29 is 9.53 Å². The summed E-state index contributed by atoms with van der Waals surface area (Å²) in [6, 6.07) is 0. The summed E-state index contributed by atoms with van der Waals surface area (Å²) in [6.07, 6.45) is 3.32. The van der Waals surface area contributed by atoms with Gasteiger partial charge in [0.2, 0.25) is 0 Å². The van der Waals surface area contributed by atoms with Crippen molar-refractivity contribution in [3.63, 3.8) is 0 Å². The first-order valence-corrected chi connectivity index (χ1v) is 7.74. The topological polar surface area (TPSA) is 53.6 Å². The quantitative estimate of drug-likeness (QED) is 0.731. The lowest BCUT2D eigenvalue weighted by Gasteiger charge is -2.25. The Labute approximate surface area is 123 Å². The highest BCUT2D eigenvalue weighted by molar-refractivity contribution is 5.67. The first-order chi connectivity index (χ1) is 9.38. The molecular weight excluding hydrogens is 254 g/mol. The van der Waals surface area contributed by atoms with Crippen molar-refractivity contribution in [1.29, 1.82) is 0 Å². The van der Waals surface area contributed by atoms with Crippen LogP contribution in [0.4, 0.5) is 4.79 Å². The molecule has 1 amide bonds. The lowest BCUT2D eigenvalue weighted by Crippen LogP contribution is -2.38. The van der Waals surface area contributed by atoms with Crippen LogP contribution in [0.5, 0.6) is 0 Å². The van der Waals surface area contributed by atoms with E-state index in [0.717, 1.165) is 45.1 Å². The third-order valence-corrected chi connectivity index (χ3v) is 3.38. The lowest BCUT2D eigenvalue weighted by atomic mass is 10.00. The summed E-state index contributed by atoms with van der Waals surface area (Å²) in [7, 11) is 1.79. The van der Waals surface area contributed by atoms with Crippen LogP contribution >= 0.6 is 0 Å². The normalized spacial score (nSPS) is 19.7. The molecular formula is C15H31N3O2. The Morgan fingerprint density at radius 1 is 1.45 bits per heavy atom. The maximum Gasteiger partial charge on any atom is 0.410 e. The SMILES string of the molecule is CN(CCCNCC1CCCNC1)C(=O)OC(C)(C)C. The molecule has 0 bridgehead atoms. The molecule has 0 saturated carbocycles. The summed E-state index contributed by atoms with van der Waals surface area (Å²) in [5.41, 5.74) is -0.419. The molecule has 0 aliphatic carbocycles. The zero-order valence-corrected chi connectivity index (χ0v) is 13.5. The number of nitrogens with zero attached hydrogens (tertiary/aromatic N) is 1. The van der Waals surface area contributed by atoms with Crippen molar-refractivity contribution in [1.82, 2.24) is 15.5 Å². The second-order valence-electron chi connectivity index (χ2n) is 6.67. The van der Waals surface area contributed by atoms with Crippen molar-refractivity contribution >= 4 is 6.09 Å². The fraction of sp³-hybridized carbons (Fsp3) is 0.933. The Morgan fingerprint density at radius 2 is 2.20 bits per heavy atom. The number of rotatable bonds is 6. The van der Waals surface area contributed by atoms with Crippen LogP contribution in [0.15, 0.2) is 0 Å². The highest BCUT2D eigenvalue weighted by Gasteiger charge is 2.19. The molecule has 0 spiro atoms. The van der Waals surface area contributed by atoms with Gasteiger partial charge in [0.1, 0.15) is 5.60 Å². The van der Waals surface area contributed by atoms with Crippen molar-refractivity contribution in [2.45, 2.75) is 45.6 Å². The van der Waals surface area contributed by atoms with E-state index in [4.69, 9.17) is 4.74 Å². The third-order valence-electron chi connectivity index (χ3n) is 3.38.